The molecule has 1 saturated heterocycles. The van der Waals surface area contributed by atoms with Crippen molar-refractivity contribution in [3.05, 3.63) is 29.8 Å². The number of hydrogen-bond donors (Lipinski definition) is 1. The Morgan fingerprint density at radius 2 is 2.17 bits per heavy atom. The number of rotatable bonds is 5. The maximum atomic E-state index is 9.57. The topological polar surface area (TPSA) is 41.9 Å². The molecule has 18 heavy (non-hydrogen) atoms. The summed E-state index contributed by atoms with van der Waals surface area (Å²) in [7, 11) is 1.66. The summed E-state index contributed by atoms with van der Waals surface area (Å²) in [5, 5.41) is 9.57. The first-order valence-corrected chi connectivity index (χ1v) is 6.38. The first-order valence-electron chi connectivity index (χ1n) is 6.38. The van der Waals surface area contributed by atoms with Crippen molar-refractivity contribution in [2.75, 3.05) is 46.6 Å². The Bertz CT molecular complexity index is 364. The Kier molecular flexibility index (Phi) is 4.99. The van der Waals surface area contributed by atoms with Crippen molar-refractivity contribution < 1.29 is 14.6 Å². The number of aliphatic hydroxyl groups is 1. The van der Waals surface area contributed by atoms with Gasteiger partial charge in [-0.15, -0.1) is 0 Å². The molecule has 4 heteroatoms. The molecule has 0 aliphatic carbocycles. The van der Waals surface area contributed by atoms with Crippen LogP contribution in [-0.2, 0) is 4.74 Å². The molecule has 4 nitrogen and oxygen atoms in total. The van der Waals surface area contributed by atoms with E-state index in [2.05, 4.69) is 4.90 Å². The van der Waals surface area contributed by atoms with Crippen LogP contribution >= 0.6 is 0 Å². The summed E-state index contributed by atoms with van der Waals surface area (Å²) in [5.74, 6) is 0.978. The Hall–Kier alpha value is -1.10. The van der Waals surface area contributed by atoms with Crippen LogP contribution in [0.25, 0.3) is 0 Å². The van der Waals surface area contributed by atoms with Crippen LogP contribution in [0.5, 0.6) is 5.75 Å². The summed E-state index contributed by atoms with van der Waals surface area (Å²) >= 11 is 0. The fourth-order valence-corrected chi connectivity index (χ4v) is 2.26. The third-order valence-corrected chi connectivity index (χ3v) is 3.37. The normalized spacial score (nSPS) is 18.6. The number of methoxy groups -OCH3 is 1. The van der Waals surface area contributed by atoms with Gasteiger partial charge in [0.1, 0.15) is 5.75 Å². The Labute approximate surface area is 108 Å². The third-order valence-electron chi connectivity index (χ3n) is 3.37. The lowest BCUT2D eigenvalue weighted by molar-refractivity contribution is 0.0319. The van der Waals surface area contributed by atoms with Crippen LogP contribution in [0.2, 0.25) is 0 Å². The minimum absolute atomic E-state index is 0.137. The lowest BCUT2D eigenvalue weighted by Gasteiger charge is -2.30. The van der Waals surface area contributed by atoms with E-state index < -0.39 is 0 Å². The van der Waals surface area contributed by atoms with Gasteiger partial charge in [0, 0.05) is 25.6 Å². The number of nitrogens with zero attached hydrogens (tertiary/aromatic N) is 1. The Balaban J connectivity index is 2.02. The second-order valence-corrected chi connectivity index (χ2v) is 4.57. The van der Waals surface area contributed by atoms with E-state index >= 15 is 0 Å². The van der Waals surface area contributed by atoms with Crippen molar-refractivity contribution in [2.24, 2.45) is 0 Å². The maximum absolute atomic E-state index is 9.57. The van der Waals surface area contributed by atoms with E-state index in [4.69, 9.17) is 9.47 Å². The summed E-state index contributed by atoms with van der Waals surface area (Å²) in [5.41, 5.74) is 1.13. The lowest BCUT2D eigenvalue weighted by atomic mass is 9.99. The molecule has 1 aliphatic heterocycles. The SMILES string of the molecule is COc1cccc(C(CO)CN2CCOCC2)c1. The molecule has 1 aromatic rings. The van der Waals surface area contributed by atoms with Gasteiger partial charge in [-0.05, 0) is 17.7 Å². The summed E-state index contributed by atoms with van der Waals surface area (Å²) in [6.45, 7) is 4.49. The molecule has 2 rings (SSSR count). The Morgan fingerprint density at radius 1 is 1.39 bits per heavy atom. The molecule has 1 heterocycles. The zero-order valence-electron chi connectivity index (χ0n) is 10.8. The second kappa shape index (κ2) is 6.73. The summed E-state index contributed by atoms with van der Waals surface area (Å²) in [4.78, 5) is 2.34. The van der Waals surface area contributed by atoms with E-state index in [0.717, 1.165) is 44.2 Å². The van der Waals surface area contributed by atoms with Gasteiger partial charge in [-0.25, -0.2) is 0 Å². The smallest absolute Gasteiger partial charge is 0.119 e. The van der Waals surface area contributed by atoms with Gasteiger partial charge in [-0.3, -0.25) is 4.90 Å². The molecule has 1 aromatic carbocycles. The molecule has 0 radical (unpaired) electrons. The number of benzene rings is 1. The standard InChI is InChI=1S/C14H21NO3/c1-17-14-4-2-3-12(9-14)13(11-16)10-15-5-7-18-8-6-15/h2-4,9,13,16H,5-8,10-11H2,1H3. The van der Waals surface area contributed by atoms with Crippen molar-refractivity contribution in [1.29, 1.82) is 0 Å². The van der Waals surface area contributed by atoms with Gasteiger partial charge >= 0.3 is 0 Å². The van der Waals surface area contributed by atoms with Crippen LogP contribution in [0.3, 0.4) is 0 Å². The minimum atomic E-state index is 0.137. The van der Waals surface area contributed by atoms with Crippen LogP contribution in [0.1, 0.15) is 11.5 Å². The highest BCUT2D eigenvalue weighted by Crippen LogP contribution is 2.21. The van der Waals surface area contributed by atoms with Crippen LogP contribution < -0.4 is 4.74 Å². The van der Waals surface area contributed by atoms with Crippen LogP contribution in [0.4, 0.5) is 0 Å². The third kappa shape index (κ3) is 3.45. The predicted octanol–water partition coefficient (Wildman–Crippen LogP) is 1.10. The van der Waals surface area contributed by atoms with Gasteiger partial charge in [-0.2, -0.15) is 0 Å². The number of morpholine rings is 1. The molecule has 1 fully saturated rings. The highest BCUT2D eigenvalue weighted by atomic mass is 16.5. The lowest BCUT2D eigenvalue weighted by Crippen LogP contribution is -2.39. The molecule has 0 amide bonds. The van der Waals surface area contributed by atoms with Gasteiger partial charge in [0.2, 0.25) is 0 Å². The molecule has 0 aromatic heterocycles. The van der Waals surface area contributed by atoms with E-state index in [9.17, 15) is 5.11 Å². The second-order valence-electron chi connectivity index (χ2n) is 4.57. The van der Waals surface area contributed by atoms with Gasteiger partial charge in [0.05, 0.1) is 26.9 Å². The van der Waals surface area contributed by atoms with E-state index in [0.29, 0.717) is 0 Å². The van der Waals surface area contributed by atoms with Crippen molar-refractivity contribution >= 4 is 0 Å². The van der Waals surface area contributed by atoms with Crippen molar-refractivity contribution in [2.45, 2.75) is 5.92 Å². The molecule has 100 valence electrons. The zero-order chi connectivity index (χ0) is 12.8. The van der Waals surface area contributed by atoms with E-state index in [1.807, 2.05) is 24.3 Å². The maximum Gasteiger partial charge on any atom is 0.119 e. The van der Waals surface area contributed by atoms with E-state index in [-0.39, 0.29) is 12.5 Å². The summed E-state index contributed by atoms with van der Waals surface area (Å²) < 4.78 is 10.6. The first kappa shape index (κ1) is 13.3. The number of ether oxygens (including phenoxy) is 2. The molecule has 0 bridgehead atoms. The van der Waals surface area contributed by atoms with Crippen LogP contribution in [0, 0.1) is 0 Å². The molecule has 1 atom stereocenters. The first-order chi connectivity index (χ1) is 8.83. The number of hydrogen-bond acceptors (Lipinski definition) is 4. The average Bonchev–Trinajstić information content (AvgIpc) is 2.46. The van der Waals surface area contributed by atoms with Gasteiger partial charge in [0.15, 0.2) is 0 Å². The average molecular weight is 251 g/mol. The van der Waals surface area contributed by atoms with Gasteiger partial charge in [-0.1, -0.05) is 12.1 Å². The monoisotopic (exact) mass is 251 g/mol. The van der Waals surface area contributed by atoms with Gasteiger partial charge in [0.25, 0.3) is 0 Å². The van der Waals surface area contributed by atoms with Crippen molar-refractivity contribution in [1.82, 2.24) is 4.90 Å². The van der Waals surface area contributed by atoms with E-state index in [1.54, 1.807) is 7.11 Å². The van der Waals surface area contributed by atoms with Crippen molar-refractivity contribution in [3.8, 4) is 5.75 Å². The molecule has 1 unspecified atom stereocenters. The summed E-state index contributed by atoms with van der Waals surface area (Å²) in [6.07, 6.45) is 0. The highest BCUT2D eigenvalue weighted by molar-refractivity contribution is 5.31. The molecular formula is C14H21NO3. The Morgan fingerprint density at radius 3 is 2.83 bits per heavy atom. The van der Waals surface area contributed by atoms with E-state index in [1.165, 1.54) is 0 Å². The zero-order valence-corrected chi connectivity index (χ0v) is 10.8. The van der Waals surface area contributed by atoms with Crippen molar-refractivity contribution in [3.63, 3.8) is 0 Å². The minimum Gasteiger partial charge on any atom is -0.497 e. The summed E-state index contributed by atoms with van der Waals surface area (Å²) in [6, 6.07) is 7.94. The highest BCUT2D eigenvalue weighted by Gasteiger charge is 2.18. The molecule has 1 aliphatic rings. The van der Waals surface area contributed by atoms with Crippen LogP contribution in [0.15, 0.2) is 24.3 Å². The fourth-order valence-electron chi connectivity index (χ4n) is 2.26. The molecular weight excluding hydrogens is 230 g/mol. The quantitative estimate of drug-likeness (QED) is 0.851. The largest absolute Gasteiger partial charge is 0.497 e. The predicted molar refractivity (Wildman–Crippen MR) is 70.1 cm³/mol. The fraction of sp³-hybridized carbons (Fsp3) is 0.571. The molecule has 0 saturated carbocycles. The van der Waals surface area contributed by atoms with Gasteiger partial charge < -0.3 is 14.6 Å². The molecule has 1 N–H and O–H groups in total. The molecule has 0 spiro atoms. The van der Waals surface area contributed by atoms with Crippen LogP contribution in [-0.4, -0.2) is 56.6 Å². The number of aliphatic hydroxyl groups excluding tert-OH is 1.